The number of carbonyl (C=O) groups excluding carboxylic acids is 1. The minimum Gasteiger partial charge on any atom is -0.484 e. The van der Waals surface area contributed by atoms with Crippen molar-refractivity contribution in [1.29, 1.82) is 0 Å². The number of alkyl halides is 3. The highest BCUT2D eigenvalue weighted by Crippen LogP contribution is 2.20. The van der Waals surface area contributed by atoms with E-state index < -0.39 is 18.7 Å². The molecule has 3 rings (SSSR count). The summed E-state index contributed by atoms with van der Waals surface area (Å²) >= 11 is 0. The van der Waals surface area contributed by atoms with Crippen molar-refractivity contribution in [2.24, 2.45) is 0 Å². The van der Waals surface area contributed by atoms with E-state index in [0.717, 1.165) is 10.1 Å². The van der Waals surface area contributed by atoms with E-state index >= 15 is 0 Å². The van der Waals surface area contributed by atoms with E-state index in [0.29, 0.717) is 16.8 Å². The predicted octanol–water partition coefficient (Wildman–Crippen LogP) is 3.28. The van der Waals surface area contributed by atoms with Crippen molar-refractivity contribution in [3.63, 3.8) is 0 Å². The lowest BCUT2D eigenvalue weighted by atomic mass is 10.1. The van der Waals surface area contributed by atoms with Gasteiger partial charge in [0.25, 0.3) is 5.56 Å². The van der Waals surface area contributed by atoms with Crippen LogP contribution in [0.5, 0.6) is 5.75 Å². The van der Waals surface area contributed by atoms with Crippen LogP contribution >= 0.6 is 0 Å². The fourth-order valence-electron chi connectivity index (χ4n) is 2.65. The molecule has 0 radical (unpaired) electrons. The number of nitrogens with zero attached hydrogens (tertiary/aromatic N) is 2. The first-order valence-corrected chi connectivity index (χ1v) is 8.29. The summed E-state index contributed by atoms with van der Waals surface area (Å²) in [7, 11) is 0. The number of hydrogen-bond acceptors (Lipinski definition) is 4. The molecule has 3 aromatic rings. The van der Waals surface area contributed by atoms with Crippen molar-refractivity contribution in [1.82, 2.24) is 9.78 Å². The standard InChI is InChI=1S/C19H16F3N3O3/c1-12-15-4-2-3-5-16(15)18(27)25(24-12)10-17(26)23-13-6-8-14(9-7-13)28-11-19(20,21)22/h2-9H,10-11H2,1H3,(H,23,26). The molecule has 0 aliphatic heterocycles. The van der Waals surface area contributed by atoms with Crippen molar-refractivity contribution in [3.05, 3.63) is 64.6 Å². The van der Waals surface area contributed by atoms with Gasteiger partial charge in [0.1, 0.15) is 12.3 Å². The number of ether oxygens (including phenoxy) is 1. The highest BCUT2D eigenvalue weighted by molar-refractivity contribution is 5.91. The molecule has 0 spiro atoms. The second-order valence-corrected chi connectivity index (χ2v) is 6.07. The number of rotatable bonds is 5. The number of carbonyl (C=O) groups is 1. The molecule has 0 unspecified atom stereocenters. The second-order valence-electron chi connectivity index (χ2n) is 6.07. The number of anilines is 1. The van der Waals surface area contributed by atoms with E-state index in [1.54, 1.807) is 31.2 Å². The lowest BCUT2D eigenvalue weighted by Crippen LogP contribution is -2.30. The third kappa shape index (κ3) is 4.67. The Morgan fingerprint density at radius 2 is 1.75 bits per heavy atom. The molecule has 0 saturated carbocycles. The fraction of sp³-hybridized carbons (Fsp3) is 0.211. The molecule has 0 saturated heterocycles. The SMILES string of the molecule is Cc1nn(CC(=O)Nc2ccc(OCC(F)(F)F)cc2)c(=O)c2ccccc12. The minimum atomic E-state index is -4.43. The van der Waals surface area contributed by atoms with Crippen LogP contribution in [0.1, 0.15) is 5.69 Å². The second kappa shape index (κ2) is 7.71. The van der Waals surface area contributed by atoms with Crippen LogP contribution in [0.15, 0.2) is 53.3 Å². The van der Waals surface area contributed by atoms with E-state index in [9.17, 15) is 22.8 Å². The van der Waals surface area contributed by atoms with Gasteiger partial charge in [-0.15, -0.1) is 0 Å². The van der Waals surface area contributed by atoms with Gasteiger partial charge in [0.2, 0.25) is 5.91 Å². The van der Waals surface area contributed by atoms with Gasteiger partial charge >= 0.3 is 6.18 Å². The Hall–Kier alpha value is -3.36. The first-order chi connectivity index (χ1) is 13.2. The first kappa shape index (κ1) is 19.4. The Morgan fingerprint density at radius 1 is 1.11 bits per heavy atom. The molecule has 0 aliphatic rings. The van der Waals surface area contributed by atoms with Crippen LogP contribution in [-0.4, -0.2) is 28.5 Å². The first-order valence-electron chi connectivity index (χ1n) is 8.29. The Balaban J connectivity index is 1.68. The molecule has 2 aromatic carbocycles. The molecule has 28 heavy (non-hydrogen) atoms. The van der Waals surface area contributed by atoms with E-state index in [1.165, 1.54) is 24.3 Å². The Labute approximate surface area is 157 Å². The van der Waals surface area contributed by atoms with E-state index in [2.05, 4.69) is 15.2 Å². The quantitative estimate of drug-likeness (QED) is 0.725. The predicted molar refractivity (Wildman–Crippen MR) is 97.4 cm³/mol. The maximum Gasteiger partial charge on any atom is 0.422 e. The van der Waals surface area contributed by atoms with Crippen LogP contribution in [0, 0.1) is 6.92 Å². The van der Waals surface area contributed by atoms with E-state index in [4.69, 9.17) is 0 Å². The van der Waals surface area contributed by atoms with Crippen LogP contribution in [-0.2, 0) is 11.3 Å². The molecule has 146 valence electrons. The largest absolute Gasteiger partial charge is 0.484 e. The normalized spacial score (nSPS) is 11.4. The summed E-state index contributed by atoms with van der Waals surface area (Å²) < 4.78 is 42.1. The lowest BCUT2D eigenvalue weighted by Gasteiger charge is -2.11. The zero-order valence-electron chi connectivity index (χ0n) is 14.8. The lowest BCUT2D eigenvalue weighted by molar-refractivity contribution is -0.153. The van der Waals surface area contributed by atoms with Gasteiger partial charge in [-0.05, 0) is 37.3 Å². The number of hydrogen-bond donors (Lipinski definition) is 1. The van der Waals surface area contributed by atoms with E-state index in [1.807, 2.05) is 0 Å². The molecule has 0 fully saturated rings. The molecule has 1 aromatic heterocycles. The van der Waals surface area contributed by atoms with Crippen LogP contribution < -0.4 is 15.6 Å². The maximum atomic E-state index is 12.5. The topological polar surface area (TPSA) is 73.2 Å². The summed E-state index contributed by atoms with van der Waals surface area (Å²) in [5.74, 6) is -0.466. The van der Waals surface area contributed by atoms with E-state index in [-0.39, 0.29) is 17.9 Å². The Kier molecular flexibility index (Phi) is 5.34. The summed E-state index contributed by atoms with van der Waals surface area (Å²) in [6, 6.07) is 12.4. The molecular formula is C19H16F3N3O3. The van der Waals surface area contributed by atoms with Gasteiger partial charge in [-0.1, -0.05) is 18.2 Å². The highest BCUT2D eigenvalue weighted by Gasteiger charge is 2.28. The summed E-state index contributed by atoms with van der Waals surface area (Å²) in [4.78, 5) is 24.7. The molecule has 0 bridgehead atoms. The maximum absolute atomic E-state index is 12.5. The number of benzene rings is 2. The van der Waals surface area contributed by atoms with Gasteiger partial charge in [-0.2, -0.15) is 18.3 Å². The van der Waals surface area contributed by atoms with Gasteiger partial charge in [0, 0.05) is 11.1 Å². The van der Waals surface area contributed by atoms with Crippen molar-refractivity contribution in [2.45, 2.75) is 19.6 Å². The van der Waals surface area contributed by atoms with Gasteiger partial charge in [-0.25, -0.2) is 4.68 Å². The molecule has 9 heteroatoms. The van der Waals surface area contributed by atoms with Crippen molar-refractivity contribution in [3.8, 4) is 5.75 Å². The highest BCUT2D eigenvalue weighted by atomic mass is 19.4. The molecular weight excluding hydrogens is 375 g/mol. The van der Waals surface area contributed by atoms with Gasteiger partial charge in [-0.3, -0.25) is 9.59 Å². The minimum absolute atomic E-state index is 0.0263. The van der Waals surface area contributed by atoms with Crippen LogP contribution in [0.25, 0.3) is 10.8 Å². The molecule has 1 N–H and O–H groups in total. The summed E-state index contributed by atoms with van der Waals surface area (Å²) in [5.41, 5.74) is 0.594. The number of amides is 1. The zero-order chi connectivity index (χ0) is 20.3. The molecule has 1 amide bonds. The molecule has 6 nitrogen and oxygen atoms in total. The third-order valence-corrected chi connectivity index (χ3v) is 3.89. The third-order valence-electron chi connectivity index (χ3n) is 3.89. The van der Waals surface area contributed by atoms with Crippen LogP contribution in [0.2, 0.25) is 0 Å². The summed E-state index contributed by atoms with van der Waals surface area (Å²) in [6.07, 6.45) is -4.43. The molecule has 0 aliphatic carbocycles. The van der Waals surface area contributed by atoms with Crippen molar-refractivity contribution < 1.29 is 22.7 Å². The number of halogens is 3. The number of aryl methyl sites for hydroxylation is 1. The number of nitrogens with one attached hydrogen (secondary N) is 1. The van der Waals surface area contributed by atoms with Gasteiger partial charge in [0.15, 0.2) is 6.61 Å². The van der Waals surface area contributed by atoms with Crippen LogP contribution in [0.4, 0.5) is 18.9 Å². The number of fused-ring (bicyclic) bond motifs is 1. The summed E-state index contributed by atoms with van der Waals surface area (Å²) in [6.45, 7) is 0.0568. The Morgan fingerprint density at radius 3 is 2.39 bits per heavy atom. The zero-order valence-corrected chi connectivity index (χ0v) is 14.8. The van der Waals surface area contributed by atoms with Gasteiger partial charge < -0.3 is 10.1 Å². The molecule has 1 heterocycles. The average Bonchev–Trinajstić information content (AvgIpc) is 2.65. The monoisotopic (exact) mass is 391 g/mol. The van der Waals surface area contributed by atoms with Crippen LogP contribution in [0.3, 0.4) is 0 Å². The average molecular weight is 391 g/mol. The molecule has 0 atom stereocenters. The number of aromatic nitrogens is 2. The fourth-order valence-corrected chi connectivity index (χ4v) is 2.65. The summed E-state index contributed by atoms with van der Waals surface area (Å²) in [5, 5.41) is 7.92. The van der Waals surface area contributed by atoms with Crippen molar-refractivity contribution in [2.75, 3.05) is 11.9 Å². The van der Waals surface area contributed by atoms with Gasteiger partial charge in [0.05, 0.1) is 11.1 Å². The smallest absolute Gasteiger partial charge is 0.422 e. The Bertz CT molecular complexity index is 1060. The van der Waals surface area contributed by atoms with Crippen molar-refractivity contribution >= 4 is 22.4 Å².